The maximum Gasteiger partial charge on any atom is 0.433 e. The molecule has 2 aromatic carbocycles. The van der Waals surface area contributed by atoms with Crippen LogP contribution in [0.5, 0.6) is 11.6 Å². The topological polar surface area (TPSA) is 64.1 Å². The molecule has 3 aromatic rings. The van der Waals surface area contributed by atoms with Gasteiger partial charge in [-0.15, -0.1) is 0 Å². The molecule has 0 spiro atoms. The second kappa shape index (κ2) is 8.16. The molecule has 1 amide bonds. The van der Waals surface area contributed by atoms with E-state index in [1.165, 1.54) is 43.3 Å². The van der Waals surface area contributed by atoms with Crippen LogP contribution in [0.25, 0.3) is 0 Å². The van der Waals surface area contributed by atoms with Crippen LogP contribution in [-0.4, -0.2) is 15.9 Å². The van der Waals surface area contributed by atoms with Crippen molar-refractivity contribution in [2.24, 2.45) is 0 Å². The lowest BCUT2D eigenvalue weighted by molar-refractivity contribution is -0.141. The molecule has 0 atom stereocenters. The molecule has 3 rings (SSSR count). The van der Waals surface area contributed by atoms with E-state index in [2.05, 4.69) is 31.2 Å². The number of alkyl halides is 3. The first-order chi connectivity index (χ1) is 13.6. The molecular weight excluding hydrogens is 458 g/mol. The third kappa shape index (κ3) is 5.29. The summed E-state index contributed by atoms with van der Waals surface area (Å²) < 4.78 is 58.2. The minimum atomic E-state index is -4.62. The monoisotopic (exact) mass is 469 g/mol. The molecule has 10 heteroatoms. The van der Waals surface area contributed by atoms with Gasteiger partial charge in [-0.05, 0) is 49.4 Å². The normalized spacial score (nSPS) is 11.2. The Hall–Kier alpha value is -3.01. The zero-order valence-corrected chi connectivity index (χ0v) is 16.3. The Kier molecular flexibility index (Phi) is 5.83. The minimum absolute atomic E-state index is 0.0882. The highest BCUT2D eigenvalue weighted by molar-refractivity contribution is 9.10. The predicted octanol–water partition coefficient (Wildman–Crippen LogP) is 5.75. The lowest BCUT2D eigenvalue weighted by atomic mass is 10.2. The summed E-state index contributed by atoms with van der Waals surface area (Å²) in [6.45, 7) is 1.32. The van der Waals surface area contributed by atoms with Gasteiger partial charge in [-0.3, -0.25) is 4.79 Å². The quantitative estimate of drug-likeness (QED) is 0.494. The molecule has 0 saturated heterocycles. The van der Waals surface area contributed by atoms with Crippen molar-refractivity contribution in [3.05, 3.63) is 75.9 Å². The Bertz CT molecular complexity index is 1060. The second-order valence-electron chi connectivity index (χ2n) is 5.84. The standard InChI is InChI=1S/C19H12BrF4N3O2/c1-10-25-16(19(22,23)24)9-17(26-10)29-13-5-3-12(4-6-13)27-18(28)14-8-11(20)2-7-15(14)21/h2-9H,1H3,(H,27,28). The van der Waals surface area contributed by atoms with Crippen LogP contribution in [0.3, 0.4) is 0 Å². The van der Waals surface area contributed by atoms with Gasteiger partial charge in [0.05, 0.1) is 5.56 Å². The van der Waals surface area contributed by atoms with E-state index in [9.17, 15) is 22.4 Å². The van der Waals surface area contributed by atoms with Gasteiger partial charge >= 0.3 is 6.18 Å². The largest absolute Gasteiger partial charge is 0.439 e. The van der Waals surface area contributed by atoms with Crippen molar-refractivity contribution in [3.63, 3.8) is 0 Å². The van der Waals surface area contributed by atoms with E-state index in [0.717, 1.165) is 6.07 Å². The van der Waals surface area contributed by atoms with Crippen molar-refractivity contribution < 1.29 is 27.1 Å². The minimum Gasteiger partial charge on any atom is -0.439 e. The highest BCUT2D eigenvalue weighted by Gasteiger charge is 2.33. The Morgan fingerprint density at radius 3 is 2.41 bits per heavy atom. The van der Waals surface area contributed by atoms with Gasteiger partial charge in [-0.1, -0.05) is 15.9 Å². The van der Waals surface area contributed by atoms with Crippen molar-refractivity contribution in [3.8, 4) is 11.6 Å². The second-order valence-corrected chi connectivity index (χ2v) is 6.76. The fourth-order valence-electron chi connectivity index (χ4n) is 2.33. The number of hydrogen-bond acceptors (Lipinski definition) is 4. The smallest absolute Gasteiger partial charge is 0.433 e. The summed E-state index contributed by atoms with van der Waals surface area (Å²) >= 11 is 3.17. The van der Waals surface area contributed by atoms with Gasteiger partial charge in [0.25, 0.3) is 5.91 Å². The third-order valence-corrected chi connectivity index (χ3v) is 4.11. The number of nitrogens with one attached hydrogen (secondary N) is 1. The summed E-state index contributed by atoms with van der Waals surface area (Å²) in [5.74, 6) is -1.49. The average Bonchev–Trinajstić information content (AvgIpc) is 2.64. The Morgan fingerprint density at radius 1 is 1.07 bits per heavy atom. The maximum atomic E-state index is 13.8. The molecule has 0 fully saturated rings. The molecule has 1 N–H and O–H groups in total. The van der Waals surface area contributed by atoms with Gasteiger partial charge in [0.2, 0.25) is 5.88 Å². The summed E-state index contributed by atoms with van der Waals surface area (Å²) in [7, 11) is 0. The maximum absolute atomic E-state index is 13.8. The molecule has 150 valence electrons. The number of benzene rings is 2. The summed E-state index contributed by atoms with van der Waals surface area (Å²) in [5, 5.41) is 2.53. The van der Waals surface area contributed by atoms with Crippen LogP contribution in [0.4, 0.5) is 23.2 Å². The predicted molar refractivity (Wildman–Crippen MR) is 100 cm³/mol. The number of ether oxygens (including phenoxy) is 1. The van der Waals surface area contributed by atoms with Crippen molar-refractivity contribution in [1.29, 1.82) is 0 Å². The average molecular weight is 470 g/mol. The van der Waals surface area contributed by atoms with Gasteiger partial charge in [-0.25, -0.2) is 9.37 Å². The number of rotatable bonds is 4. The van der Waals surface area contributed by atoms with E-state index in [1.54, 1.807) is 0 Å². The first-order valence-electron chi connectivity index (χ1n) is 8.09. The van der Waals surface area contributed by atoms with Crippen LogP contribution in [0.2, 0.25) is 0 Å². The molecule has 0 aliphatic heterocycles. The van der Waals surface area contributed by atoms with E-state index < -0.39 is 23.6 Å². The number of nitrogens with zero attached hydrogens (tertiary/aromatic N) is 2. The molecule has 0 aliphatic rings. The zero-order chi connectivity index (χ0) is 21.2. The Morgan fingerprint density at radius 2 is 1.76 bits per heavy atom. The van der Waals surface area contributed by atoms with E-state index in [1.807, 2.05) is 0 Å². The summed E-state index contributed by atoms with van der Waals surface area (Å²) in [6.07, 6.45) is -4.62. The van der Waals surface area contributed by atoms with Crippen molar-refractivity contribution in [1.82, 2.24) is 9.97 Å². The number of aromatic nitrogens is 2. The fourth-order valence-corrected chi connectivity index (χ4v) is 2.70. The van der Waals surface area contributed by atoms with Gasteiger partial charge in [0.15, 0.2) is 5.69 Å². The van der Waals surface area contributed by atoms with Crippen LogP contribution in [0.1, 0.15) is 21.9 Å². The molecular formula is C19H12BrF4N3O2. The number of halogens is 5. The molecule has 1 heterocycles. The number of amides is 1. The van der Waals surface area contributed by atoms with E-state index >= 15 is 0 Å². The summed E-state index contributed by atoms with van der Waals surface area (Å²) in [5.41, 5.74) is -0.910. The molecule has 0 unspecified atom stereocenters. The van der Waals surface area contributed by atoms with Crippen LogP contribution >= 0.6 is 15.9 Å². The zero-order valence-electron chi connectivity index (χ0n) is 14.7. The molecule has 29 heavy (non-hydrogen) atoms. The van der Waals surface area contributed by atoms with Gasteiger partial charge < -0.3 is 10.1 Å². The third-order valence-electron chi connectivity index (χ3n) is 3.61. The molecule has 1 aromatic heterocycles. The summed E-state index contributed by atoms with van der Waals surface area (Å²) in [4.78, 5) is 19.4. The molecule has 0 bridgehead atoms. The van der Waals surface area contributed by atoms with Crippen LogP contribution in [-0.2, 0) is 6.18 Å². The number of carbonyl (C=O) groups is 1. The molecule has 5 nitrogen and oxygen atoms in total. The van der Waals surface area contributed by atoms with Crippen molar-refractivity contribution in [2.75, 3.05) is 5.32 Å². The highest BCUT2D eigenvalue weighted by Crippen LogP contribution is 2.31. The highest BCUT2D eigenvalue weighted by atomic mass is 79.9. The van der Waals surface area contributed by atoms with Gasteiger partial charge in [0, 0.05) is 16.2 Å². The molecule has 0 saturated carbocycles. The van der Waals surface area contributed by atoms with Gasteiger partial charge in [0.1, 0.15) is 17.4 Å². The van der Waals surface area contributed by atoms with Crippen LogP contribution in [0, 0.1) is 12.7 Å². The number of carbonyl (C=O) groups excluding carboxylic acids is 1. The Labute approximate surface area is 170 Å². The lowest BCUT2D eigenvalue weighted by Gasteiger charge is -2.11. The first kappa shape index (κ1) is 20.7. The Balaban J connectivity index is 1.73. The lowest BCUT2D eigenvalue weighted by Crippen LogP contribution is -2.13. The molecule has 0 radical (unpaired) electrons. The number of aryl methyl sites for hydroxylation is 1. The van der Waals surface area contributed by atoms with Crippen molar-refractivity contribution in [2.45, 2.75) is 13.1 Å². The van der Waals surface area contributed by atoms with E-state index in [-0.39, 0.29) is 23.0 Å². The van der Waals surface area contributed by atoms with Gasteiger partial charge in [-0.2, -0.15) is 18.2 Å². The first-order valence-corrected chi connectivity index (χ1v) is 8.88. The van der Waals surface area contributed by atoms with E-state index in [4.69, 9.17) is 4.74 Å². The fraction of sp³-hybridized carbons (Fsp3) is 0.105. The van der Waals surface area contributed by atoms with Crippen LogP contribution < -0.4 is 10.1 Å². The summed E-state index contributed by atoms with van der Waals surface area (Å²) in [6, 6.07) is 10.4. The number of hydrogen-bond donors (Lipinski definition) is 1. The molecule has 0 aliphatic carbocycles. The van der Waals surface area contributed by atoms with Crippen LogP contribution in [0.15, 0.2) is 53.0 Å². The number of anilines is 1. The van der Waals surface area contributed by atoms with E-state index in [0.29, 0.717) is 16.2 Å². The van der Waals surface area contributed by atoms with Crippen molar-refractivity contribution >= 4 is 27.5 Å². The SMILES string of the molecule is Cc1nc(Oc2ccc(NC(=O)c3cc(Br)ccc3F)cc2)cc(C(F)(F)F)n1.